The molecule has 0 aliphatic rings. The molecule has 0 saturated carbocycles. The van der Waals surface area contributed by atoms with E-state index in [4.69, 9.17) is 13.5 Å². The second-order valence-electron chi connectivity index (χ2n) is 4.40. The monoisotopic (exact) mass is 304 g/mol. The summed E-state index contributed by atoms with van der Waals surface area (Å²) in [6, 6.07) is 0. The summed E-state index contributed by atoms with van der Waals surface area (Å²) in [5.74, 6) is -0.0222. The lowest BCUT2D eigenvalue weighted by Gasteiger charge is -2.23. The van der Waals surface area contributed by atoms with Gasteiger partial charge in [0, 0.05) is 5.56 Å². The Morgan fingerprint density at radius 1 is 1.20 bits per heavy atom. The predicted octanol–water partition coefficient (Wildman–Crippen LogP) is 3.29. The minimum Gasteiger partial charge on any atom is -0.507 e. The zero-order valence-electron chi connectivity index (χ0n) is 12.4. The van der Waals surface area contributed by atoms with Gasteiger partial charge >= 0.3 is 13.2 Å². The maximum atomic E-state index is 12.7. The number of hydrogen-bond acceptors (Lipinski definition) is 6. The molecule has 20 heavy (non-hydrogen) atoms. The van der Waals surface area contributed by atoms with Crippen LogP contribution in [0, 0.1) is 13.8 Å². The van der Waals surface area contributed by atoms with Gasteiger partial charge in [-0.25, -0.2) is 4.79 Å². The molecule has 1 aromatic heterocycles. The van der Waals surface area contributed by atoms with Gasteiger partial charge in [-0.05, 0) is 34.6 Å². The Morgan fingerprint density at radius 3 is 2.15 bits per heavy atom. The lowest BCUT2D eigenvalue weighted by molar-refractivity contribution is 0.209. The predicted molar refractivity (Wildman–Crippen MR) is 75.4 cm³/mol. The average molecular weight is 304 g/mol. The van der Waals surface area contributed by atoms with E-state index in [-0.39, 0.29) is 30.3 Å². The van der Waals surface area contributed by atoms with Gasteiger partial charge in [-0.15, -0.1) is 0 Å². The molecule has 0 amide bonds. The smallest absolute Gasteiger partial charge is 0.342 e. The Labute approximate surface area is 118 Å². The fourth-order valence-corrected chi connectivity index (χ4v) is 3.69. The Morgan fingerprint density at radius 2 is 1.70 bits per heavy atom. The van der Waals surface area contributed by atoms with Crippen LogP contribution in [0.2, 0.25) is 0 Å². The lowest BCUT2D eigenvalue weighted by Crippen LogP contribution is -2.12. The van der Waals surface area contributed by atoms with Crippen LogP contribution in [0.25, 0.3) is 0 Å². The highest BCUT2D eigenvalue weighted by molar-refractivity contribution is 7.54. The van der Waals surface area contributed by atoms with Gasteiger partial charge in [0.15, 0.2) is 0 Å². The van der Waals surface area contributed by atoms with Gasteiger partial charge in [0.25, 0.3) is 0 Å². The van der Waals surface area contributed by atoms with Crippen molar-refractivity contribution < 1.29 is 23.1 Å². The maximum Gasteiger partial charge on any atom is 0.342 e. The average Bonchev–Trinajstić information content (AvgIpc) is 2.40. The van der Waals surface area contributed by atoms with Crippen LogP contribution in [0.3, 0.4) is 0 Å². The van der Waals surface area contributed by atoms with Gasteiger partial charge in [-0.2, -0.15) is 0 Å². The van der Waals surface area contributed by atoms with Gasteiger partial charge in [0.05, 0.1) is 18.8 Å². The molecule has 0 fully saturated rings. The molecule has 0 radical (unpaired) electrons. The Bertz CT molecular complexity index is 567. The van der Waals surface area contributed by atoms with Crippen LogP contribution in [-0.2, 0) is 13.6 Å². The first-order valence-corrected chi connectivity index (χ1v) is 8.11. The molecule has 0 bridgehead atoms. The summed E-state index contributed by atoms with van der Waals surface area (Å²) in [5, 5.41) is 9.91. The molecule has 0 aliphatic heterocycles. The van der Waals surface area contributed by atoms with Gasteiger partial charge in [0.2, 0.25) is 0 Å². The van der Waals surface area contributed by atoms with Gasteiger partial charge in [-0.1, -0.05) is 0 Å². The van der Waals surface area contributed by atoms with Gasteiger partial charge in [-0.3, -0.25) is 4.57 Å². The third-order valence-electron chi connectivity index (χ3n) is 3.06. The van der Waals surface area contributed by atoms with E-state index in [1.807, 2.05) is 0 Å². The molecule has 7 heteroatoms. The summed E-state index contributed by atoms with van der Waals surface area (Å²) >= 11 is 0. The van der Waals surface area contributed by atoms with Crippen molar-refractivity contribution in [3.8, 4) is 5.75 Å². The summed E-state index contributed by atoms with van der Waals surface area (Å²) in [4.78, 5) is 11.7. The van der Waals surface area contributed by atoms with Gasteiger partial charge < -0.3 is 18.6 Å². The van der Waals surface area contributed by atoms with E-state index in [1.54, 1.807) is 27.7 Å². The minimum atomic E-state index is -3.46. The van der Waals surface area contributed by atoms with Gasteiger partial charge in [0.1, 0.15) is 17.2 Å². The van der Waals surface area contributed by atoms with Crippen molar-refractivity contribution in [2.24, 2.45) is 0 Å². The van der Waals surface area contributed by atoms with Crippen molar-refractivity contribution in [1.82, 2.24) is 0 Å². The van der Waals surface area contributed by atoms with E-state index < -0.39 is 18.9 Å². The van der Waals surface area contributed by atoms with Crippen molar-refractivity contribution in [1.29, 1.82) is 0 Å². The summed E-state index contributed by atoms with van der Waals surface area (Å²) < 4.78 is 28.3. The molecule has 0 aliphatic carbocycles. The zero-order valence-corrected chi connectivity index (χ0v) is 13.3. The van der Waals surface area contributed by atoms with E-state index in [2.05, 4.69) is 0 Å². The van der Waals surface area contributed by atoms with Crippen LogP contribution in [0.4, 0.5) is 0 Å². The first-order valence-electron chi connectivity index (χ1n) is 6.50. The molecule has 114 valence electrons. The lowest BCUT2D eigenvalue weighted by atomic mass is 10.1. The summed E-state index contributed by atoms with van der Waals surface area (Å²) in [5.41, 5.74) is -0.938. The topological polar surface area (TPSA) is 86.0 Å². The largest absolute Gasteiger partial charge is 0.507 e. The molecule has 1 unspecified atom stereocenters. The zero-order chi connectivity index (χ0) is 15.5. The van der Waals surface area contributed by atoms with Crippen LogP contribution < -0.4 is 5.63 Å². The highest BCUT2D eigenvalue weighted by atomic mass is 31.2. The molecule has 1 heterocycles. The van der Waals surface area contributed by atoms with Crippen molar-refractivity contribution in [3.05, 3.63) is 27.3 Å². The van der Waals surface area contributed by atoms with Crippen LogP contribution >= 0.6 is 7.60 Å². The van der Waals surface area contributed by atoms with E-state index >= 15 is 0 Å². The van der Waals surface area contributed by atoms with Crippen LogP contribution in [-0.4, -0.2) is 18.3 Å². The third-order valence-corrected chi connectivity index (χ3v) is 5.48. The quantitative estimate of drug-likeness (QED) is 0.812. The molecule has 1 N–H and O–H groups in total. The second-order valence-corrected chi connectivity index (χ2v) is 6.77. The molecule has 1 atom stereocenters. The van der Waals surface area contributed by atoms with Crippen LogP contribution in [0.15, 0.2) is 9.21 Å². The van der Waals surface area contributed by atoms with Crippen molar-refractivity contribution in [3.63, 3.8) is 0 Å². The van der Waals surface area contributed by atoms with E-state index in [0.717, 1.165) is 0 Å². The fourth-order valence-electron chi connectivity index (χ4n) is 1.91. The summed E-state index contributed by atoms with van der Waals surface area (Å²) in [6.45, 7) is 8.48. The van der Waals surface area contributed by atoms with E-state index in [0.29, 0.717) is 5.56 Å². The number of aromatic hydroxyl groups is 1. The maximum absolute atomic E-state index is 12.7. The van der Waals surface area contributed by atoms with Crippen molar-refractivity contribution in [2.75, 3.05) is 13.2 Å². The fraction of sp³-hybridized carbons (Fsp3) is 0.615. The SMILES string of the molecule is CCOP(=O)(OCC)C(C)c1oc(=O)c(C)c(O)c1C. The number of rotatable bonds is 6. The first-order chi connectivity index (χ1) is 9.28. The normalized spacial score (nSPS) is 13.4. The molecule has 1 rings (SSSR count). The molecule has 0 saturated heterocycles. The summed E-state index contributed by atoms with van der Waals surface area (Å²) in [7, 11) is -3.46. The molecule has 0 aromatic carbocycles. The van der Waals surface area contributed by atoms with Crippen molar-refractivity contribution >= 4 is 7.60 Å². The number of hydrogen-bond donors (Lipinski definition) is 1. The highest BCUT2D eigenvalue weighted by Gasteiger charge is 2.37. The Hall–Kier alpha value is -1.10. The minimum absolute atomic E-state index is 0.126. The molecule has 0 spiro atoms. The van der Waals surface area contributed by atoms with E-state index in [9.17, 15) is 14.5 Å². The molecule has 1 aromatic rings. The first kappa shape index (κ1) is 17.0. The van der Waals surface area contributed by atoms with Crippen LogP contribution in [0.5, 0.6) is 5.75 Å². The molecular weight excluding hydrogens is 283 g/mol. The second kappa shape index (κ2) is 6.57. The third kappa shape index (κ3) is 3.14. The van der Waals surface area contributed by atoms with Crippen molar-refractivity contribution in [2.45, 2.75) is 40.3 Å². The molecule has 6 nitrogen and oxygen atoms in total. The summed E-state index contributed by atoms with van der Waals surface area (Å²) in [6.07, 6.45) is 0. The highest BCUT2D eigenvalue weighted by Crippen LogP contribution is 2.61. The molecular formula is C13H21O6P. The Balaban J connectivity index is 3.36. The Kier molecular flexibility index (Phi) is 5.57. The standard InChI is InChI=1S/C13H21O6P/c1-6-17-20(16,18-7-2)10(5)12-8(3)11(14)9(4)13(15)19-12/h10,14H,6-7H2,1-5H3. The van der Waals surface area contributed by atoms with Crippen LogP contribution in [0.1, 0.15) is 43.3 Å². The van der Waals surface area contributed by atoms with E-state index in [1.165, 1.54) is 6.92 Å².